The Morgan fingerprint density at radius 3 is 1.48 bits per heavy atom. The number of rotatable bonds is 12. The van der Waals surface area contributed by atoms with Gasteiger partial charge in [0.05, 0.1) is 12.0 Å². The molecular weight excluding hydrogens is 687 g/mol. The number of carbonyl (C=O) groups excluding carboxylic acids is 1. The number of aliphatic hydroxyl groups excluding tert-OH is 1. The highest BCUT2D eigenvalue weighted by atomic mass is 28.4. The van der Waals surface area contributed by atoms with Gasteiger partial charge in [0.15, 0.2) is 0 Å². The van der Waals surface area contributed by atoms with E-state index in [-0.39, 0.29) is 6.54 Å². The number of nitrogens with zero attached hydrogens (tertiary/aromatic N) is 2. The van der Waals surface area contributed by atoms with E-state index in [4.69, 9.17) is 14.1 Å². The Balaban J connectivity index is 1.56. The Bertz CT molecular complexity index is 1940. The van der Waals surface area contributed by atoms with Crippen molar-refractivity contribution in [1.29, 1.82) is 0 Å². The van der Waals surface area contributed by atoms with Crippen molar-refractivity contribution in [1.82, 2.24) is 14.9 Å². The van der Waals surface area contributed by atoms with Crippen LogP contribution in [-0.4, -0.2) is 47.3 Å². The lowest BCUT2D eigenvalue weighted by molar-refractivity contribution is 0.0190. The number of benzene rings is 5. The lowest BCUT2D eigenvalue weighted by Gasteiger charge is -2.45. The van der Waals surface area contributed by atoms with Gasteiger partial charge in [0.25, 0.3) is 8.32 Å². The fraction of sp³-hybridized carbons (Fsp3) is 0.261. The minimum Gasteiger partial charge on any atom is -0.444 e. The summed E-state index contributed by atoms with van der Waals surface area (Å²) in [5.41, 5.74) is 2.15. The molecule has 7 nitrogen and oxygen atoms in total. The maximum Gasteiger partial charge on any atom is 0.407 e. The predicted molar refractivity (Wildman–Crippen MR) is 219 cm³/mol. The summed E-state index contributed by atoms with van der Waals surface area (Å²) in [6, 6.07) is 51.8. The van der Waals surface area contributed by atoms with Gasteiger partial charge in [-0.05, 0) is 52.9 Å². The summed E-state index contributed by atoms with van der Waals surface area (Å²) in [5.74, 6) is 0. The SMILES string of the molecule is CC(C)(C)OC(=O)NC[C@H](O)[C@H](O[Si](c1ccccc1)(c1ccccc1)C(C)(C)C)c1cn(C(c2ccccc2)(c2ccccc2)c2ccccc2)cn1. The van der Waals surface area contributed by atoms with Crippen molar-refractivity contribution in [3.8, 4) is 0 Å². The number of imidazole rings is 1. The van der Waals surface area contributed by atoms with E-state index in [1.807, 2.05) is 87.9 Å². The van der Waals surface area contributed by atoms with Crippen LogP contribution < -0.4 is 15.7 Å². The topological polar surface area (TPSA) is 85.6 Å². The number of nitrogens with one attached hydrogen (secondary N) is 1. The summed E-state index contributed by atoms with van der Waals surface area (Å²) in [6.45, 7) is 11.9. The summed E-state index contributed by atoms with van der Waals surface area (Å²) in [7, 11) is -3.23. The van der Waals surface area contributed by atoms with Crippen LogP contribution in [0.3, 0.4) is 0 Å². The number of aromatic nitrogens is 2. The molecule has 2 atom stereocenters. The van der Waals surface area contributed by atoms with Crippen LogP contribution in [0, 0.1) is 0 Å². The summed E-state index contributed by atoms with van der Waals surface area (Å²) in [4.78, 5) is 18.0. The lowest BCUT2D eigenvalue weighted by atomic mass is 9.77. The molecule has 0 saturated carbocycles. The molecule has 0 radical (unpaired) electrons. The molecule has 5 aromatic carbocycles. The predicted octanol–water partition coefficient (Wildman–Crippen LogP) is 8.23. The first-order chi connectivity index (χ1) is 25.9. The van der Waals surface area contributed by atoms with Gasteiger partial charge in [-0.1, -0.05) is 172 Å². The van der Waals surface area contributed by atoms with Crippen LogP contribution in [-0.2, 0) is 14.7 Å². The van der Waals surface area contributed by atoms with Gasteiger partial charge in [0.1, 0.15) is 23.3 Å². The Labute approximate surface area is 320 Å². The molecule has 1 amide bonds. The number of aliphatic hydroxyl groups is 1. The van der Waals surface area contributed by atoms with Crippen LogP contribution in [0.4, 0.5) is 4.79 Å². The third kappa shape index (κ3) is 7.82. The van der Waals surface area contributed by atoms with E-state index in [1.165, 1.54) is 0 Å². The van der Waals surface area contributed by atoms with Gasteiger partial charge in [-0.2, -0.15) is 0 Å². The smallest absolute Gasteiger partial charge is 0.407 e. The second-order valence-corrected chi connectivity index (χ2v) is 19.9. The molecule has 0 unspecified atom stereocenters. The summed E-state index contributed by atoms with van der Waals surface area (Å²) in [6.07, 6.45) is 1.06. The van der Waals surface area contributed by atoms with E-state index in [9.17, 15) is 9.90 Å². The van der Waals surface area contributed by atoms with Gasteiger partial charge in [0.2, 0.25) is 0 Å². The quantitative estimate of drug-likeness (QED) is 0.0977. The van der Waals surface area contributed by atoms with E-state index in [0.29, 0.717) is 5.69 Å². The zero-order valence-electron chi connectivity index (χ0n) is 32.0. The molecule has 0 bridgehead atoms. The Morgan fingerprint density at radius 2 is 1.09 bits per heavy atom. The number of hydrogen-bond donors (Lipinski definition) is 2. The zero-order valence-corrected chi connectivity index (χ0v) is 33.0. The minimum atomic E-state index is -3.23. The molecule has 278 valence electrons. The molecule has 2 N–H and O–H groups in total. The van der Waals surface area contributed by atoms with E-state index in [1.54, 1.807) is 0 Å². The third-order valence-electron chi connectivity index (χ3n) is 9.78. The van der Waals surface area contributed by atoms with Crippen molar-refractivity contribution in [2.45, 2.75) is 69.9 Å². The van der Waals surface area contributed by atoms with E-state index in [0.717, 1.165) is 27.1 Å². The summed E-state index contributed by atoms with van der Waals surface area (Å²) < 4.78 is 15.3. The molecule has 0 aliphatic carbocycles. The third-order valence-corrected chi connectivity index (χ3v) is 14.8. The van der Waals surface area contributed by atoms with Gasteiger partial charge >= 0.3 is 6.09 Å². The fourth-order valence-corrected chi connectivity index (χ4v) is 12.2. The van der Waals surface area contributed by atoms with Crippen molar-refractivity contribution in [3.63, 3.8) is 0 Å². The molecule has 0 spiro atoms. The van der Waals surface area contributed by atoms with Crippen molar-refractivity contribution >= 4 is 24.8 Å². The molecule has 0 saturated heterocycles. The van der Waals surface area contributed by atoms with E-state index < -0.39 is 42.8 Å². The van der Waals surface area contributed by atoms with Gasteiger partial charge in [-0.3, -0.25) is 0 Å². The summed E-state index contributed by atoms with van der Waals surface area (Å²) >= 11 is 0. The average Bonchev–Trinajstić information content (AvgIpc) is 3.66. The van der Waals surface area contributed by atoms with Crippen LogP contribution in [0.15, 0.2) is 164 Å². The molecule has 0 fully saturated rings. The van der Waals surface area contributed by atoms with Gasteiger partial charge in [-0.15, -0.1) is 0 Å². The Hall–Kier alpha value is -5.28. The van der Waals surface area contributed by atoms with Gasteiger partial charge in [0, 0.05) is 12.7 Å². The summed E-state index contributed by atoms with van der Waals surface area (Å²) in [5, 5.41) is 16.8. The molecule has 8 heteroatoms. The molecular formula is C46H51N3O4Si. The van der Waals surface area contributed by atoms with Crippen molar-refractivity contribution < 1.29 is 19.1 Å². The zero-order chi connectivity index (χ0) is 38.4. The first kappa shape index (κ1) is 38.4. The van der Waals surface area contributed by atoms with Gasteiger partial charge < -0.3 is 24.2 Å². The standard InChI is InChI=1S/C46H51N3O4Si/c1-44(2,3)52-43(51)47-32-41(50)42(53-54(45(4,5)6,38-28-18-10-19-29-38)39-30-20-11-21-31-39)40-33-49(34-48-40)46(35-22-12-7-13-23-35,36-24-14-8-15-25-36)37-26-16-9-17-27-37/h7-31,33-34,41-42,50H,32H2,1-6H3,(H,47,51)/t41-,42+/m0/s1. The van der Waals surface area contributed by atoms with Crippen molar-refractivity contribution in [2.24, 2.45) is 0 Å². The number of alkyl carbamates (subject to hydrolysis) is 1. The highest BCUT2D eigenvalue weighted by Crippen LogP contribution is 2.43. The van der Waals surface area contributed by atoms with E-state index >= 15 is 0 Å². The largest absolute Gasteiger partial charge is 0.444 e. The number of hydrogen-bond acceptors (Lipinski definition) is 5. The van der Waals surface area contributed by atoms with Gasteiger partial charge in [-0.25, -0.2) is 9.78 Å². The first-order valence-corrected chi connectivity index (χ1v) is 20.4. The monoisotopic (exact) mass is 737 g/mol. The molecule has 1 aromatic heterocycles. The second-order valence-electron chi connectivity index (χ2n) is 15.7. The number of ether oxygens (including phenoxy) is 1. The fourth-order valence-electron chi connectivity index (χ4n) is 7.48. The normalized spacial score (nSPS) is 13.5. The molecule has 6 rings (SSSR count). The van der Waals surface area contributed by atoms with Crippen molar-refractivity contribution in [2.75, 3.05) is 6.54 Å². The van der Waals surface area contributed by atoms with Crippen LogP contribution >= 0.6 is 0 Å². The van der Waals surface area contributed by atoms with Crippen LogP contribution in [0.2, 0.25) is 5.04 Å². The lowest BCUT2D eigenvalue weighted by Crippen LogP contribution is -2.67. The number of carbonyl (C=O) groups is 1. The molecule has 0 aliphatic heterocycles. The Kier molecular flexibility index (Phi) is 11.4. The van der Waals surface area contributed by atoms with Crippen molar-refractivity contribution in [3.05, 3.63) is 187 Å². The first-order valence-electron chi connectivity index (χ1n) is 18.5. The molecule has 1 heterocycles. The highest BCUT2D eigenvalue weighted by Gasteiger charge is 2.53. The average molecular weight is 738 g/mol. The van der Waals surface area contributed by atoms with Crippen LogP contribution in [0.5, 0.6) is 0 Å². The number of amides is 1. The maximum atomic E-state index is 12.9. The second kappa shape index (κ2) is 16.0. The van der Waals surface area contributed by atoms with Crippen LogP contribution in [0.25, 0.3) is 0 Å². The molecule has 54 heavy (non-hydrogen) atoms. The molecule has 0 aliphatic rings. The highest BCUT2D eigenvalue weighted by molar-refractivity contribution is 6.99. The maximum absolute atomic E-state index is 12.9. The van der Waals surface area contributed by atoms with Crippen LogP contribution in [0.1, 0.15) is 70.0 Å². The minimum absolute atomic E-state index is 0.119. The molecule has 6 aromatic rings. The van der Waals surface area contributed by atoms with E-state index in [2.05, 4.69) is 128 Å². The Morgan fingerprint density at radius 1 is 0.685 bits per heavy atom.